The van der Waals surface area contributed by atoms with Crippen molar-refractivity contribution in [1.82, 2.24) is 14.7 Å². The van der Waals surface area contributed by atoms with Crippen LogP contribution in [0.25, 0.3) is 33.9 Å². The third kappa shape index (κ3) is 2.79. The standard InChI is InChI=1S/C19H15N3O4/c1-25-14-7-4-6-13(9-14)18-20-19(26-21-18)16-10-12-5-2-3-8-15(12)22(16)11-17(23)24/h2-10H,11H2,1H3,(H,23,24). The van der Waals surface area contributed by atoms with Crippen LogP contribution < -0.4 is 4.74 Å². The number of carbonyl (C=O) groups is 1. The fraction of sp³-hybridized carbons (Fsp3) is 0.105. The Labute approximate surface area is 148 Å². The van der Waals surface area contributed by atoms with Gasteiger partial charge in [0.2, 0.25) is 5.82 Å². The molecule has 0 aliphatic carbocycles. The fourth-order valence-corrected chi connectivity index (χ4v) is 2.90. The molecule has 0 fully saturated rings. The summed E-state index contributed by atoms with van der Waals surface area (Å²) in [6.07, 6.45) is 0. The van der Waals surface area contributed by atoms with Crippen molar-refractivity contribution in [2.45, 2.75) is 6.54 Å². The van der Waals surface area contributed by atoms with E-state index >= 15 is 0 Å². The summed E-state index contributed by atoms with van der Waals surface area (Å²) in [5.74, 6) is 0.417. The second-order valence-electron chi connectivity index (χ2n) is 5.72. The lowest BCUT2D eigenvalue weighted by Gasteiger charge is -2.04. The molecule has 0 unspecified atom stereocenters. The minimum atomic E-state index is -0.944. The van der Waals surface area contributed by atoms with E-state index in [1.807, 2.05) is 48.5 Å². The molecule has 2 aromatic heterocycles. The molecule has 7 nitrogen and oxygen atoms in total. The third-order valence-electron chi connectivity index (χ3n) is 4.08. The molecule has 0 aliphatic heterocycles. The predicted molar refractivity (Wildman–Crippen MR) is 94.9 cm³/mol. The number of nitrogens with zero attached hydrogens (tertiary/aromatic N) is 3. The first-order valence-electron chi connectivity index (χ1n) is 7.94. The molecule has 7 heteroatoms. The van der Waals surface area contributed by atoms with Gasteiger partial charge in [0.05, 0.1) is 7.11 Å². The quantitative estimate of drug-likeness (QED) is 0.593. The van der Waals surface area contributed by atoms with E-state index in [1.165, 1.54) is 0 Å². The Morgan fingerprint density at radius 1 is 1.19 bits per heavy atom. The average molecular weight is 349 g/mol. The summed E-state index contributed by atoms with van der Waals surface area (Å²) >= 11 is 0. The molecule has 0 bridgehead atoms. The van der Waals surface area contributed by atoms with Crippen molar-refractivity contribution in [3.63, 3.8) is 0 Å². The summed E-state index contributed by atoms with van der Waals surface area (Å²) in [6, 6.07) is 16.7. The zero-order chi connectivity index (χ0) is 18.1. The van der Waals surface area contributed by atoms with E-state index in [9.17, 15) is 9.90 Å². The molecule has 0 spiro atoms. The number of fused-ring (bicyclic) bond motifs is 1. The topological polar surface area (TPSA) is 90.4 Å². The van der Waals surface area contributed by atoms with Crippen molar-refractivity contribution in [3.05, 3.63) is 54.6 Å². The summed E-state index contributed by atoms with van der Waals surface area (Å²) in [7, 11) is 1.59. The van der Waals surface area contributed by atoms with Crippen LogP contribution >= 0.6 is 0 Å². The van der Waals surface area contributed by atoms with E-state index in [1.54, 1.807) is 17.7 Å². The smallest absolute Gasteiger partial charge is 0.323 e. The SMILES string of the molecule is COc1cccc(-c2noc(-c3cc4ccccc4n3CC(=O)O)n2)c1. The monoisotopic (exact) mass is 349 g/mol. The molecule has 26 heavy (non-hydrogen) atoms. The van der Waals surface area contributed by atoms with Gasteiger partial charge < -0.3 is 18.9 Å². The highest BCUT2D eigenvalue weighted by Gasteiger charge is 2.18. The molecule has 0 radical (unpaired) electrons. The van der Waals surface area contributed by atoms with Crippen LogP contribution in [-0.4, -0.2) is 32.9 Å². The Hall–Kier alpha value is -3.61. The summed E-state index contributed by atoms with van der Waals surface area (Å²) in [5.41, 5.74) is 2.11. The van der Waals surface area contributed by atoms with E-state index in [0.717, 1.165) is 16.5 Å². The molecule has 130 valence electrons. The Kier molecular flexibility index (Phi) is 3.89. The van der Waals surface area contributed by atoms with Gasteiger partial charge in [-0.3, -0.25) is 4.79 Å². The molecule has 0 saturated heterocycles. The molecule has 0 amide bonds. The summed E-state index contributed by atoms with van der Waals surface area (Å²) < 4.78 is 12.3. The summed E-state index contributed by atoms with van der Waals surface area (Å²) in [4.78, 5) is 15.7. The zero-order valence-electron chi connectivity index (χ0n) is 13.9. The van der Waals surface area contributed by atoms with Gasteiger partial charge in [0.15, 0.2) is 0 Å². The number of hydrogen-bond acceptors (Lipinski definition) is 5. The van der Waals surface area contributed by atoms with Gasteiger partial charge in [-0.15, -0.1) is 0 Å². The maximum Gasteiger partial charge on any atom is 0.323 e. The lowest BCUT2D eigenvalue weighted by atomic mass is 10.2. The number of aromatic nitrogens is 3. The zero-order valence-corrected chi connectivity index (χ0v) is 13.9. The Bertz CT molecular complexity index is 1100. The first-order chi connectivity index (χ1) is 12.7. The lowest BCUT2D eigenvalue weighted by molar-refractivity contribution is -0.137. The maximum absolute atomic E-state index is 11.3. The van der Waals surface area contributed by atoms with Gasteiger partial charge >= 0.3 is 5.97 Å². The van der Waals surface area contributed by atoms with Crippen LogP contribution in [0.5, 0.6) is 5.75 Å². The molecule has 4 aromatic rings. The van der Waals surface area contributed by atoms with Crippen LogP contribution in [0.4, 0.5) is 0 Å². The van der Waals surface area contributed by atoms with E-state index < -0.39 is 5.97 Å². The number of carboxylic acid groups (broad SMARTS) is 1. The van der Waals surface area contributed by atoms with Gasteiger partial charge in [-0.2, -0.15) is 4.98 Å². The summed E-state index contributed by atoms with van der Waals surface area (Å²) in [6.45, 7) is -0.195. The molecule has 0 aliphatic rings. The van der Waals surface area contributed by atoms with Gasteiger partial charge in [0, 0.05) is 16.5 Å². The van der Waals surface area contributed by atoms with E-state index in [-0.39, 0.29) is 12.4 Å². The van der Waals surface area contributed by atoms with E-state index in [0.29, 0.717) is 17.3 Å². The molecule has 2 heterocycles. The molecular formula is C19H15N3O4. The largest absolute Gasteiger partial charge is 0.497 e. The van der Waals surface area contributed by atoms with Crippen LogP contribution in [-0.2, 0) is 11.3 Å². The van der Waals surface area contributed by atoms with Crippen LogP contribution in [0.2, 0.25) is 0 Å². The van der Waals surface area contributed by atoms with Crippen LogP contribution in [0, 0.1) is 0 Å². The maximum atomic E-state index is 11.3. The number of rotatable bonds is 5. The highest BCUT2D eigenvalue weighted by molar-refractivity contribution is 5.87. The first-order valence-corrected chi connectivity index (χ1v) is 7.94. The molecule has 0 saturated carbocycles. The Balaban J connectivity index is 1.81. The van der Waals surface area contributed by atoms with Crippen molar-refractivity contribution >= 4 is 16.9 Å². The minimum Gasteiger partial charge on any atom is -0.497 e. The molecule has 1 N–H and O–H groups in total. The number of para-hydroxylation sites is 1. The molecule has 4 rings (SSSR count). The number of benzene rings is 2. The van der Waals surface area contributed by atoms with Crippen molar-refractivity contribution in [3.8, 4) is 28.7 Å². The fourth-order valence-electron chi connectivity index (χ4n) is 2.90. The van der Waals surface area contributed by atoms with Crippen molar-refractivity contribution < 1.29 is 19.2 Å². The Morgan fingerprint density at radius 3 is 2.85 bits per heavy atom. The van der Waals surface area contributed by atoms with Crippen molar-refractivity contribution in [1.29, 1.82) is 0 Å². The number of ether oxygens (including phenoxy) is 1. The van der Waals surface area contributed by atoms with Crippen LogP contribution in [0.15, 0.2) is 59.1 Å². The number of carboxylic acids is 1. The second kappa shape index (κ2) is 6.36. The van der Waals surface area contributed by atoms with Gasteiger partial charge in [0.1, 0.15) is 18.0 Å². The van der Waals surface area contributed by atoms with Gasteiger partial charge in [-0.25, -0.2) is 0 Å². The number of hydrogen-bond donors (Lipinski definition) is 1. The number of aliphatic carboxylic acids is 1. The second-order valence-corrected chi connectivity index (χ2v) is 5.72. The highest BCUT2D eigenvalue weighted by atomic mass is 16.5. The van der Waals surface area contributed by atoms with Crippen LogP contribution in [0.1, 0.15) is 0 Å². The highest BCUT2D eigenvalue weighted by Crippen LogP contribution is 2.29. The number of methoxy groups -OCH3 is 1. The normalized spacial score (nSPS) is 11.0. The van der Waals surface area contributed by atoms with Gasteiger partial charge in [-0.05, 0) is 24.3 Å². The van der Waals surface area contributed by atoms with Gasteiger partial charge in [0.25, 0.3) is 5.89 Å². The minimum absolute atomic E-state index is 0.195. The molecule has 0 atom stereocenters. The average Bonchev–Trinajstić information content (AvgIpc) is 3.27. The van der Waals surface area contributed by atoms with Crippen molar-refractivity contribution in [2.75, 3.05) is 7.11 Å². The summed E-state index contributed by atoms with van der Waals surface area (Å²) in [5, 5.41) is 14.2. The van der Waals surface area contributed by atoms with E-state index in [2.05, 4.69) is 10.1 Å². The third-order valence-corrected chi connectivity index (χ3v) is 4.08. The predicted octanol–water partition coefficient (Wildman–Crippen LogP) is 3.45. The Morgan fingerprint density at radius 2 is 2.04 bits per heavy atom. The molecule has 2 aromatic carbocycles. The van der Waals surface area contributed by atoms with Crippen LogP contribution in [0.3, 0.4) is 0 Å². The first kappa shape index (κ1) is 15.9. The molecular weight excluding hydrogens is 334 g/mol. The van der Waals surface area contributed by atoms with Gasteiger partial charge in [-0.1, -0.05) is 35.5 Å². The van der Waals surface area contributed by atoms with Crippen molar-refractivity contribution in [2.24, 2.45) is 0 Å². The lowest BCUT2D eigenvalue weighted by Crippen LogP contribution is -2.09. The van der Waals surface area contributed by atoms with E-state index in [4.69, 9.17) is 9.26 Å².